The molecule has 0 atom stereocenters. The molecule has 0 heterocycles. The van der Waals surface area contributed by atoms with Crippen LogP contribution in [0.1, 0.15) is 5.56 Å². The highest BCUT2D eigenvalue weighted by Crippen LogP contribution is 2.27. The van der Waals surface area contributed by atoms with Crippen molar-refractivity contribution in [1.82, 2.24) is 0 Å². The average molecular weight is 215 g/mol. The van der Waals surface area contributed by atoms with Gasteiger partial charge < -0.3 is 5.11 Å². The Morgan fingerprint density at radius 3 is 1.62 bits per heavy atom. The van der Waals surface area contributed by atoms with Crippen molar-refractivity contribution in [2.24, 2.45) is 0 Å². The van der Waals surface area contributed by atoms with Gasteiger partial charge in [0.25, 0.3) is 0 Å². The number of aliphatic hydroxyl groups excluding tert-OH is 1. The Kier molecular flexibility index (Phi) is 2.77. The Morgan fingerprint density at radius 1 is 0.923 bits per heavy atom. The van der Waals surface area contributed by atoms with Gasteiger partial charge in [-0.15, -0.1) is 0 Å². The fraction of sp³-hybridized carbons (Fsp3) is 0.143. The summed E-state index contributed by atoms with van der Waals surface area (Å²) in [6, 6.07) is 0. The molecule has 1 N–H and O–H groups in total. The summed E-state index contributed by atoms with van der Waals surface area (Å²) in [5, 5.41) is 7.13. The van der Waals surface area contributed by atoms with Crippen LogP contribution in [0.15, 0.2) is 0 Å². The second-order valence-corrected chi connectivity index (χ2v) is 2.58. The SMILES string of the molecule is OCc1c(F)c(F)c(Cl)c(F)c1F. The van der Waals surface area contributed by atoms with E-state index < -0.39 is 40.5 Å². The van der Waals surface area contributed by atoms with E-state index in [9.17, 15) is 17.6 Å². The minimum atomic E-state index is -1.70. The lowest BCUT2D eigenvalue weighted by atomic mass is 10.2. The highest BCUT2D eigenvalue weighted by Gasteiger charge is 2.23. The Labute approximate surface area is 75.6 Å². The fourth-order valence-electron chi connectivity index (χ4n) is 0.789. The molecule has 0 unspecified atom stereocenters. The number of halogens is 5. The Morgan fingerprint density at radius 2 is 1.31 bits per heavy atom. The van der Waals surface area contributed by atoms with E-state index in [1.807, 2.05) is 0 Å². The second kappa shape index (κ2) is 3.51. The fourth-order valence-corrected chi connectivity index (χ4v) is 0.955. The molecule has 0 aliphatic heterocycles. The minimum absolute atomic E-state index is 1.07. The normalized spacial score (nSPS) is 10.6. The van der Waals surface area contributed by atoms with Gasteiger partial charge in [-0.3, -0.25) is 0 Å². The Hall–Kier alpha value is -0.810. The number of rotatable bonds is 1. The van der Waals surface area contributed by atoms with Gasteiger partial charge in [0.05, 0.1) is 12.2 Å². The molecule has 72 valence electrons. The lowest BCUT2D eigenvalue weighted by molar-refractivity contribution is 0.263. The van der Waals surface area contributed by atoms with Crippen LogP contribution in [0.25, 0.3) is 0 Å². The maximum Gasteiger partial charge on any atom is 0.180 e. The van der Waals surface area contributed by atoms with Crippen LogP contribution >= 0.6 is 11.6 Å². The van der Waals surface area contributed by atoms with Gasteiger partial charge in [0, 0.05) is 0 Å². The first-order valence-electron chi connectivity index (χ1n) is 3.11. The highest BCUT2D eigenvalue weighted by molar-refractivity contribution is 6.30. The highest BCUT2D eigenvalue weighted by atomic mass is 35.5. The van der Waals surface area contributed by atoms with E-state index in [4.69, 9.17) is 16.7 Å². The van der Waals surface area contributed by atoms with Gasteiger partial charge in [0.15, 0.2) is 23.3 Å². The van der Waals surface area contributed by atoms with Crippen molar-refractivity contribution in [1.29, 1.82) is 0 Å². The molecule has 0 bridgehead atoms. The third-order valence-corrected chi connectivity index (χ3v) is 1.79. The molecular weight excluding hydrogens is 212 g/mol. The van der Waals surface area contributed by atoms with Gasteiger partial charge in [-0.25, -0.2) is 17.6 Å². The summed E-state index contributed by atoms with van der Waals surface area (Å²) in [5.41, 5.74) is -1.07. The second-order valence-electron chi connectivity index (χ2n) is 2.21. The van der Waals surface area contributed by atoms with E-state index in [0.29, 0.717) is 0 Å². The van der Waals surface area contributed by atoms with Crippen LogP contribution in [0.2, 0.25) is 5.02 Å². The molecule has 1 aromatic rings. The van der Waals surface area contributed by atoms with E-state index in [2.05, 4.69) is 0 Å². The van der Waals surface area contributed by atoms with Crippen molar-refractivity contribution in [2.75, 3.05) is 0 Å². The molecule has 13 heavy (non-hydrogen) atoms. The zero-order valence-electron chi connectivity index (χ0n) is 6.04. The Bertz CT molecular complexity index is 324. The molecule has 1 nitrogen and oxygen atoms in total. The first kappa shape index (κ1) is 10.3. The predicted molar refractivity (Wildman–Crippen MR) is 37.2 cm³/mol. The number of aliphatic hydroxyl groups is 1. The van der Waals surface area contributed by atoms with Crippen LogP contribution in [0, 0.1) is 23.3 Å². The van der Waals surface area contributed by atoms with E-state index in [1.54, 1.807) is 0 Å². The average Bonchev–Trinajstić information content (AvgIpc) is 2.13. The van der Waals surface area contributed by atoms with Crippen LogP contribution in [0.5, 0.6) is 0 Å². The van der Waals surface area contributed by atoms with Gasteiger partial charge in [-0.1, -0.05) is 11.6 Å². The first-order valence-corrected chi connectivity index (χ1v) is 3.49. The van der Waals surface area contributed by atoms with Gasteiger partial charge in [0.2, 0.25) is 0 Å². The van der Waals surface area contributed by atoms with Crippen molar-refractivity contribution >= 4 is 11.6 Å². The molecule has 1 aromatic carbocycles. The maximum atomic E-state index is 12.7. The van der Waals surface area contributed by atoms with Crippen molar-refractivity contribution in [3.05, 3.63) is 33.9 Å². The van der Waals surface area contributed by atoms with Crippen molar-refractivity contribution in [2.45, 2.75) is 6.61 Å². The molecule has 0 saturated carbocycles. The quantitative estimate of drug-likeness (QED) is 0.432. The summed E-state index contributed by atoms with van der Waals surface area (Å²) in [5.74, 6) is -6.76. The van der Waals surface area contributed by atoms with Crippen molar-refractivity contribution in [3.63, 3.8) is 0 Å². The van der Waals surface area contributed by atoms with Crippen LogP contribution in [0.3, 0.4) is 0 Å². The molecule has 0 spiro atoms. The predicted octanol–water partition coefficient (Wildman–Crippen LogP) is 2.39. The smallest absolute Gasteiger partial charge is 0.180 e. The van der Waals surface area contributed by atoms with Crippen LogP contribution in [0.4, 0.5) is 17.6 Å². The maximum absolute atomic E-state index is 12.7. The molecule has 1 rings (SSSR count). The van der Waals surface area contributed by atoms with Gasteiger partial charge in [0.1, 0.15) is 5.02 Å². The zero-order chi connectivity index (χ0) is 10.2. The molecular formula is C7H3ClF4O. The largest absolute Gasteiger partial charge is 0.391 e. The molecule has 0 aliphatic rings. The Balaban J connectivity index is 3.56. The van der Waals surface area contributed by atoms with Gasteiger partial charge >= 0.3 is 0 Å². The third-order valence-electron chi connectivity index (χ3n) is 1.46. The van der Waals surface area contributed by atoms with Crippen LogP contribution in [-0.4, -0.2) is 5.11 Å². The van der Waals surface area contributed by atoms with E-state index in [-0.39, 0.29) is 0 Å². The van der Waals surface area contributed by atoms with E-state index in [1.165, 1.54) is 0 Å². The van der Waals surface area contributed by atoms with E-state index >= 15 is 0 Å². The minimum Gasteiger partial charge on any atom is -0.391 e. The molecule has 0 fully saturated rings. The molecule has 0 aliphatic carbocycles. The third kappa shape index (κ3) is 1.49. The lowest BCUT2D eigenvalue weighted by Crippen LogP contribution is -2.03. The number of hydrogen-bond acceptors (Lipinski definition) is 1. The lowest BCUT2D eigenvalue weighted by Gasteiger charge is -2.05. The molecule has 0 aromatic heterocycles. The summed E-state index contributed by atoms with van der Waals surface area (Å²) in [6.45, 7) is -1.14. The monoisotopic (exact) mass is 214 g/mol. The van der Waals surface area contributed by atoms with Crippen LogP contribution < -0.4 is 0 Å². The van der Waals surface area contributed by atoms with Gasteiger partial charge in [-0.05, 0) is 0 Å². The van der Waals surface area contributed by atoms with Crippen LogP contribution in [-0.2, 0) is 6.61 Å². The van der Waals surface area contributed by atoms with Crippen molar-refractivity contribution in [3.8, 4) is 0 Å². The van der Waals surface area contributed by atoms with Gasteiger partial charge in [-0.2, -0.15) is 0 Å². The first-order chi connectivity index (χ1) is 6.00. The summed E-state index contributed by atoms with van der Waals surface area (Å²) in [6.07, 6.45) is 0. The number of benzene rings is 1. The standard InChI is InChI=1S/C7H3ClF4O/c8-3-6(11)4(9)2(1-13)5(10)7(3)12/h13H,1H2. The molecule has 6 heteroatoms. The zero-order valence-corrected chi connectivity index (χ0v) is 6.80. The van der Waals surface area contributed by atoms with E-state index in [0.717, 1.165) is 0 Å². The molecule has 0 saturated heterocycles. The molecule has 0 amide bonds. The summed E-state index contributed by atoms with van der Waals surface area (Å²) in [4.78, 5) is 0. The topological polar surface area (TPSA) is 20.2 Å². The molecule has 0 radical (unpaired) electrons. The summed E-state index contributed by atoms with van der Waals surface area (Å²) < 4.78 is 50.5. The van der Waals surface area contributed by atoms with Crippen molar-refractivity contribution < 1.29 is 22.7 Å². The summed E-state index contributed by atoms with van der Waals surface area (Å²) in [7, 11) is 0. The summed E-state index contributed by atoms with van der Waals surface area (Å²) >= 11 is 4.91. The number of hydrogen-bond donors (Lipinski definition) is 1.